The Balaban J connectivity index is 1.63. The van der Waals surface area contributed by atoms with Crippen molar-refractivity contribution in [2.24, 2.45) is 5.73 Å². The second kappa shape index (κ2) is 7.77. The molecule has 3 rings (SSSR count). The van der Waals surface area contributed by atoms with Gasteiger partial charge in [0.2, 0.25) is 5.89 Å². The highest BCUT2D eigenvalue weighted by Gasteiger charge is 2.19. The van der Waals surface area contributed by atoms with Crippen LogP contribution in [0.1, 0.15) is 46.5 Å². The molecule has 2 unspecified atom stereocenters. The number of nitrogens with one attached hydrogen (secondary N) is 1. The number of nitrogens with zero attached hydrogens (tertiary/aromatic N) is 1. The van der Waals surface area contributed by atoms with E-state index in [1.165, 1.54) is 6.26 Å². The van der Waals surface area contributed by atoms with E-state index in [1.807, 2.05) is 67.6 Å². The van der Waals surface area contributed by atoms with Crippen molar-refractivity contribution in [2.45, 2.75) is 25.4 Å². The first-order valence-electron chi connectivity index (χ1n) is 8.24. The molecule has 1 amide bonds. The Morgan fingerprint density at radius 2 is 1.76 bits per heavy atom. The van der Waals surface area contributed by atoms with Gasteiger partial charge < -0.3 is 15.5 Å². The molecule has 3 N–H and O–H groups in total. The molecule has 2 aromatic carbocycles. The van der Waals surface area contributed by atoms with Crippen LogP contribution in [0.2, 0.25) is 0 Å². The van der Waals surface area contributed by atoms with Crippen molar-refractivity contribution in [2.75, 3.05) is 0 Å². The SMILES string of the molecule is CC(NC(=O)c1coc(C(N)Cc2ccccc2)n1)c1ccccc1. The second-order valence-corrected chi connectivity index (χ2v) is 5.97. The lowest BCUT2D eigenvalue weighted by atomic mass is 10.1. The zero-order chi connectivity index (χ0) is 17.6. The number of hydrogen-bond donors (Lipinski definition) is 2. The molecule has 0 bridgehead atoms. The van der Waals surface area contributed by atoms with E-state index in [0.717, 1.165) is 11.1 Å². The van der Waals surface area contributed by atoms with Crippen molar-refractivity contribution in [1.82, 2.24) is 10.3 Å². The van der Waals surface area contributed by atoms with E-state index in [-0.39, 0.29) is 17.6 Å². The molecule has 0 aliphatic carbocycles. The molecule has 128 valence electrons. The van der Waals surface area contributed by atoms with Crippen LogP contribution < -0.4 is 11.1 Å². The maximum absolute atomic E-state index is 12.3. The standard InChI is InChI=1S/C20H21N3O2/c1-14(16-10-6-3-7-11-16)22-19(24)18-13-25-20(23-18)17(21)12-15-8-4-2-5-9-15/h2-11,13-14,17H,12,21H2,1H3,(H,22,24). The van der Waals surface area contributed by atoms with E-state index in [4.69, 9.17) is 10.2 Å². The van der Waals surface area contributed by atoms with E-state index in [9.17, 15) is 4.79 Å². The first-order chi connectivity index (χ1) is 12.1. The zero-order valence-corrected chi connectivity index (χ0v) is 14.1. The van der Waals surface area contributed by atoms with Gasteiger partial charge in [-0.15, -0.1) is 0 Å². The number of carbonyl (C=O) groups is 1. The van der Waals surface area contributed by atoms with Gasteiger partial charge >= 0.3 is 0 Å². The van der Waals surface area contributed by atoms with Crippen LogP contribution in [0.3, 0.4) is 0 Å². The summed E-state index contributed by atoms with van der Waals surface area (Å²) in [6.45, 7) is 1.93. The Morgan fingerprint density at radius 3 is 2.44 bits per heavy atom. The summed E-state index contributed by atoms with van der Waals surface area (Å²) < 4.78 is 5.41. The first-order valence-corrected chi connectivity index (χ1v) is 8.24. The molecule has 1 heterocycles. The highest BCUT2D eigenvalue weighted by atomic mass is 16.3. The third-order valence-electron chi connectivity index (χ3n) is 4.02. The molecule has 5 nitrogen and oxygen atoms in total. The van der Waals surface area contributed by atoms with Crippen LogP contribution in [0, 0.1) is 0 Å². The van der Waals surface area contributed by atoms with Gasteiger partial charge in [0.05, 0.1) is 12.1 Å². The highest BCUT2D eigenvalue weighted by Crippen LogP contribution is 2.17. The van der Waals surface area contributed by atoms with Gasteiger partial charge in [0.1, 0.15) is 6.26 Å². The number of aromatic nitrogens is 1. The van der Waals surface area contributed by atoms with E-state index in [0.29, 0.717) is 12.3 Å². The predicted octanol–water partition coefficient (Wildman–Crippen LogP) is 3.41. The summed E-state index contributed by atoms with van der Waals surface area (Å²) in [7, 11) is 0. The summed E-state index contributed by atoms with van der Waals surface area (Å²) in [6, 6.07) is 19.1. The molecule has 5 heteroatoms. The van der Waals surface area contributed by atoms with Crippen LogP contribution in [0.25, 0.3) is 0 Å². The lowest BCUT2D eigenvalue weighted by Crippen LogP contribution is -2.27. The summed E-state index contributed by atoms with van der Waals surface area (Å²) >= 11 is 0. The minimum atomic E-state index is -0.393. The Hall–Kier alpha value is -2.92. The maximum atomic E-state index is 12.3. The largest absolute Gasteiger partial charge is 0.446 e. The molecule has 0 fully saturated rings. The van der Waals surface area contributed by atoms with E-state index < -0.39 is 6.04 Å². The van der Waals surface area contributed by atoms with Crippen molar-refractivity contribution in [3.05, 3.63) is 89.6 Å². The van der Waals surface area contributed by atoms with Crippen LogP contribution >= 0.6 is 0 Å². The molecular formula is C20H21N3O2. The van der Waals surface area contributed by atoms with Crippen LogP contribution in [0.5, 0.6) is 0 Å². The predicted molar refractivity (Wildman–Crippen MR) is 95.9 cm³/mol. The van der Waals surface area contributed by atoms with E-state index in [1.54, 1.807) is 0 Å². The van der Waals surface area contributed by atoms with Crippen LogP contribution in [0.15, 0.2) is 71.3 Å². The summed E-state index contributed by atoms with van der Waals surface area (Å²) in [4.78, 5) is 16.6. The number of benzene rings is 2. The van der Waals surface area contributed by atoms with Crippen LogP contribution in [0.4, 0.5) is 0 Å². The van der Waals surface area contributed by atoms with Crippen LogP contribution in [-0.2, 0) is 6.42 Å². The Bertz CT molecular complexity index is 815. The van der Waals surface area contributed by atoms with Crippen LogP contribution in [-0.4, -0.2) is 10.9 Å². The zero-order valence-electron chi connectivity index (χ0n) is 14.1. The molecule has 3 aromatic rings. The number of amides is 1. The maximum Gasteiger partial charge on any atom is 0.273 e. The average Bonchev–Trinajstić information content (AvgIpc) is 3.14. The Labute approximate surface area is 146 Å². The first kappa shape index (κ1) is 16.9. The number of nitrogens with two attached hydrogens (primary N) is 1. The van der Waals surface area contributed by atoms with Gasteiger partial charge in [-0.1, -0.05) is 60.7 Å². The quantitative estimate of drug-likeness (QED) is 0.723. The van der Waals surface area contributed by atoms with E-state index in [2.05, 4.69) is 10.3 Å². The van der Waals surface area contributed by atoms with Gasteiger partial charge in [-0.25, -0.2) is 4.98 Å². The van der Waals surface area contributed by atoms with Gasteiger partial charge in [0.25, 0.3) is 5.91 Å². The summed E-state index contributed by atoms with van der Waals surface area (Å²) in [5.41, 5.74) is 8.50. The van der Waals surface area contributed by atoms with Crippen molar-refractivity contribution in [3.63, 3.8) is 0 Å². The lowest BCUT2D eigenvalue weighted by molar-refractivity contribution is 0.0935. The van der Waals surface area contributed by atoms with Gasteiger partial charge in [-0.2, -0.15) is 0 Å². The normalized spacial score (nSPS) is 13.2. The fourth-order valence-corrected chi connectivity index (χ4v) is 2.61. The third-order valence-corrected chi connectivity index (χ3v) is 4.02. The minimum absolute atomic E-state index is 0.119. The fraction of sp³-hybridized carbons (Fsp3) is 0.200. The molecule has 1 aromatic heterocycles. The van der Waals surface area contributed by atoms with Crippen molar-refractivity contribution in [1.29, 1.82) is 0 Å². The smallest absolute Gasteiger partial charge is 0.273 e. The van der Waals surface area contributed by atoms with Gasteiger partial charge in [0.15, 0.2) is 5.69 Å². The van der Waals surface area contributed by atoms with E-state index >= 15 is 0 Å². The monoisotopic (exact) mass is 335 g/mol. The van der Waals surface area contributed by atoms with Gasteiger partial charge in [0, 0.05) is 0 Å². The molecule has 0 aliphatic rings. The third kappa shape index (κ3) is 4.33. The minimum Gasteiger partial charge on any atom is -0.446 e. The fourth-order valence-electron chi connectivity index (χ4n) is 2.61. The number of rotatable bonds is 6. The number of carbonyl (C=O) groups excluding carboxylic acids is 1. The molecule has 0 saturated carbocycles. The van der Waals surface area contributed by atoms with Gasteiger partial charge in [-0.05, 0) is 24.5 Å². The number of hydrogen-bond acceptors (Lipinski definition) is 4. The number of oxazole rings is 1. The topological polar surface area (TPSA) is 81.2 Å². The highest BCUT2D eigenvalue weighted by molar-refractivity contribution is 5.92. The van der Waals surface area contributed by atoms with Crippen molar-refractivity contribution in [3.8, 4) is 0 Å². The Kier molecular flexibility index (Phi) is 5.26. The van der Waals surface area contributed by atoms with Crippen molar-refractivity contribution < 1.29 is 9.21 Å². The average molecular weight is 335 g/mol. The molecule has 0 radical (unpaired) electrons. The van der Waals surface area contributed by atoms with Crippen molar-refractivity contribution >= 4 is 5.91 Å². The lowest BCUT2D eigenvalue weighted by Gasteiger charge is -2.12. The molecule has 0 aliphatic heterocycles. The van der Waals surface area contributed by atoms with Gasteiger partial charge in [-0.3, -0.25) is 4.79 Å². The molecule has 25 heavy (non-hydrogen) atoms. The molecule has 0 spiro atoms. The second-order valence-electron chi connectivity index (χ2n) is 5.97. The Morgan fingerprint density at radius 1 is 1.12 bits per heavy atom. The summed E-state index contributed by atoms with van der Waals surface area (Å²) in [5.74, 6) is 0.0830. The molecule has 0 saturated heterocycles. The molecular weight excluding hydrogens is 314 g/mol. The summed E-state index contributed by atoms with van der Waals surface area (Å²) in [6.07, 6.45) is 1.95. The molecule has 2 atom stereocenters. The summed E-state index contributed by atoms with van der Waals surface area (Å²) in [5, 5.41) is 2.91.